The fourth-order valence-electron chi connectivity index (χ4n) is 4.66. The Morgan fingerprint density at radius 1 is 0.607 bits per heavy atom. The molecular weight excluding hydrogens is 839 g/mol. The molecule has 0 amide bonds. The van der Waals surface area contributed by atoms with Gasteiger partial charge in [-0.2, -0.15) is 43.9 Å². The SMILES string of the molecule is Cc1n[nH]c(O)c1/N=N/c1ccc(/N=N/c2c(S(=O)(=O)O)cc3cc(S(=O)(=O)O)c(/N=N/c4ccc([N+](=O)[O-])cc4S(=O)(=O)O)c(O)c3c2O)c(S(=O)(=O)O)c1. The number of fused-ring (bicyclic) bond motifs is 1. The van der Waals surface area contributed by atoms with Gasteiger partial charge in [-0.1, -0.05) is 0 Å². The highest BCUT2D eigenvalue weighted by atomic mass is 32.2. The first-order valence-corrected chi connectivity index (χ1v) is 19.9. The first kappa shape index (κ1) is 40.8. The number of non-ortho nitro benzene ring substituents is 1. The predicted molar refractivity (Wildman–Crippen MR) is 184 cm³/mol. The Morgan fingerprint density at radius 2 is 1.05 bits per heavy atom. The first-order chi connectivity index (χ1) is 25.8. The van der Waals surface area contributed by atoms with E-state index in [0.29, 0.717) is 36.4 Å². The van der Waals surface area contributed by atoms with Gasteiger partial charge in [-0.3, -0.25) is 28.3 Å². The Balaban J connectivity index is 1.73. The van der Waals surface area contributed by atoms with Crippen molar-refractivity contribution in [3.63, 3.8) is 0 Å². The zero-order chi connectivity index (χ0) is 41.7. The first-order valence-electron chi connectivity index (χ1n) is 14.2. The number of aryl methyl sites for hydroxylation is 1. The molecule has 4 aromatic carbocycles. The molecule has 1 aromatic heterocycles. The molecule has 0 aliphatic carbocycles. The Morgan fingerprint density at radius 3 is 1.48 bits per heavy atom. The summed E-state index contributed by atoms with van der Waals surface area (Å²) in [4.78, 5) is 5.11. The molecule has 0 fully saturated rings. The number of hydrogen-bond acceptors (Lipinski definition) is 20. The highest BCUT2D eigenvalue weighted by molar-refractivity contribution is 7.86. The van der Waals surface area contributed by atoms with Crippen LogP contribution in [-0.2, 0) is 40.5 Å². The van der Waals surface area contributed by atoms with Crippen LogP contribution in [0.3, 0.4) is 0 Å². The fourth-order valence-corrected chi connectivity index (χ4v) is 7.26. The van der Waals surface area contributed by atoms with E-state index in [2.05, 4.69) is 40.9 Å². The van der Waals surface area contributed by atoms with E-state index < -0.39 is 122 Å². The summed E-state index contributed by atoms with van der Waals surface area (Å²) >= 11 is 0. The summed E-state index contributed by atoms with van der Waals surface area (Å²) in [5.41, 5.74) is -5.21. The van der Waals surface area contributed by atoms with Crippen LogP contribution in [0.4, 0.5) is 39.8 Å². The van der Waals surface area contributed by atoms with E-state index in [-0.39, 0.29) is 17.1 Å². The third-order valence-corrected chi connectivity index (χ3v) is 10.6. The summed E-state index contributed by atoms with van der Waals surface area (Å²) in [7, 11) is -21.4. The molecule has 5 rings (SSSR count). The molecule has 0 aliphatic rings. The van der Waals surface area contributed by atoms with E-state index in [0.717, 1.165) is 12.1 Å². The standard InChI is InChI=1S/C26H19N9O17S4/c1-10-21(26(38)34-27-10)31-28-12-2-4-14(16(8-12)53(41,42)43)29-32-22-18(55(47,48)49)6-11-7-19(56(50,51)52)23(25(37)20(11)24(22)36)33-30-15-5-3-13(35(39)40)9-17(15)54(44,45)46/h2-9,36-37H,1H3,(H2,27,34,38)(H,41,42,43)(H,44,45,46)(H,47,48,49)(H,50,51,52)/b31-28+,32-29+,33-30+. The summed E-state index contributed by atoms with van der Waals surface area (Å²) in [6, 6.07) is 5.15. The number of azo groups is 3. The van der Waals surface area contributed by atoms with Crippen molar-refractivity contribution in [2.45, 2.75) is 26.5 Å². The van der Waals surface area contributed by atoms with Gasteiger partial charge in [0.25, 0.3) is 46.2 Å². The Hall–Kier alpha value is -6.41. The van der Waals surface area contributed by atoms with Gasteiger partial charge in [-0.15, -0.1) is 25.6 Å². The number of benzene rings is 4. The molecule has 1 heterocycles. The zero-order valence-corrected chi connectivity index (χ0v) is 30.3. The zero-order valence-electron chi connectivity index (χ0n) is 27.0. The molecule has 0 radical (unpaired) electrons. The second kappa shape index (κ2) is 14.3. The predicted octanol–water partition coefficient (Wildman–Crippen LogP) is 5.13. The molecule has 0 saturated carbocycles. The molecule has 0 bridgehead atoms. The number of nitrogens with zero attached hydrogens (tertiary/aromatic N) is 8. The van der Waals surface area contributed by atoms with Crippen molar-refractivity contribution < 1.29 is 72.1 Å². The van der Waals surface area contributed by atoms with Crippen molar-refractivity contribution in [2.75, 3.05) is 0 Å². The van der Waals surface area contributed by atoms with Crippen molar-refractivity contribution in [1.82, 2.24) is 10.2 Å². The number of nitrogens with one attached hydrogen (secondary N) is 1. The number of H-pyrrole nitrogens is 1. The second-order valence-corrected chi connectivity index (χ2v) is 16.4. The van der Waals surface area contributed by atoms with Crippen molar-refractivity contribution >= 4 is 91.1 Å². The third-order valence-electron chi connectivity index (χ3n) is 7.14. The number of phenolic OH excluding ortho intramolecular Hbond substituents is 2. The minimum atomic E-state index is -5.49. The van der Waals surface area contributed by atoms with Gasteiger partial charge in [-0.25, -0.2) is 5.10 Å². The summed E-state index contributed by atoms with van der Waals surface area (Å²) in [6.45, 7) is 1.45. The van der Waals surface area contributed by atoms with Gasteiger partial charge in [0.1, 0.15) is 42.3 Å². The Kier molecular flexibility index (Phi) is 10.4. The largest absolute Gasteiger partial charge is 0.505 e. The third kappa shape index (κ3) is 8.30. The van der Waals surface area contributed by atoms with Gasteiger partial charge in [-0.05, 0) is 48.7 Å². The molecule has 30 heteroatoms. The van der Waals surface area contributed by atoms with Crippen molar-refractivity contribution in [1.29, 1.82) is 0 Å². The average Bonchev–Trinajstić information content (AvgIpc) is 3.40. The Bertz CT molecular complexity index is 3040. The summed E-state index contributed by atoms with van der Waals surface area (Å²) in [6.07, 6.45) is 0. The molecular formula is C26H19N9O17S4. The van der Waals surface area contributed by atoms with Crippen molar-refractivity contribution in [3.8, 4) is 17.4 Å². The topological polar surface area (TPSA) is 424 Å². The molecule has 5 aromatic rings. The van der Waals surface area contributed by atoms with Crippen LogP contribution in [0.1, 0.15) is 5.69 Å². The number of aromatic nitrogens is 2. The van der Waals surface area contributed by atoms with Gasteiger partial charge >= 0.3 is 0 Å². The van der Waals surface area contributed by atoms with Crippen LogP contribution in [0, 0.1) is 17.0 Å². The lowest BCUT2D eigenvalue weighted by Gasteiger charge is -2.13. The number of rotatable bonds is 11. The van der Waals surface area contributed by atoms with Crippen LogP contribution < -0.4 is 0 Å². The number of aromatic amines is 1. The molecule has 294 valence electrons. The maximum atomic E-state index is 12.4. The van der Waals surface area contributed by atoms with E-state index >= 15 is 0 Å². The van der Waals surface area contributed by atoms with Crippen LogP contribution in [0.25, 0.3) is 10.8 Å². The maximum absolute atomic E-state index is 12.4. The van der Waals surface area contributed by atoms with Crippen LogP contribution in [0.2, 0.25) is 0 Å². The normalized spacial score (nSPS) is 13.1. The molecule has 0 atom stereocenters. The van der Waals surface area contributed by atoms with E-state index in [1.807, 2.05) is 0 Å². The number of aromatic hydroxyl groups is 3. The average molecular weight is 858 g/mol. The molecule has 56 heavy (non-hydrogen) atoms. The Labute approximate surface area is 311 Å². The smallest absolute Gasteiger partial charge is 0.297 e. The molecule has 0 aliphatic heterocycles. The van der Waals surface area contributed by atoms with Crippen LogP contribution in [0.15, 0.2) is 98.8 Å². The van der Waals surface area contributed by atoms with Crippen molar-refractivity contribution in [3.05, 3.63) is 64.3 Å². The van der Waals surface area contributed by atoms with E-state index in [1.165, 1.54) is 6.92 Å². The number of nitro groups is 1. The summed E-state index contributed by atoms with van der Waals surface area (Å²) < 4.78 is 137. The van der Waals surface area contributed by atoms with E-state index in [4.69, 9.17) is 0 Å². The second-order valence-electron chi connectivity index (χ2n) is 10.8. The summed E-state index contributed by atoms with van der Waals surface area (Å²) in [5.74, 6) is -3.36. The maximum Gasteiger partial charge on any atom is 0.297 e. The van der Waals surface area contributed by atoms with Gasteiger partial charge < -0.3 is 15.3 Å². The van der Waals surface area contributed by atoms with Gasteiger partial charge in [0.05, 0.1) is 21.7 Å². The van der Waals surface area contributed by atoms with E-state index in [1.54, 1.807) is 0 Å². The lowest BCUT2D eigenvalue weighted by Crippen LogP contribution is -2.02. The lowest BCUT2D eigenvalue weighted by molar-refractivity contribution is -0.385. The highest BCUT2D eigenvalue weighted by Crippen LogP contribution is 2.50. The number of phenols is 2. The quantitative estimate of drug-likeness (QED) is 0.0369. The number of nitro benzene ring substituents is 1. The number of hydrogen-bond donors (Lipinski definition) is 8. The van der Waals surface area contributed by atoms with Gasteiger partial charge in [0, 0.05) is 12.1 Å². The fraction of sp³-hybridized carbons (Fsp3) is 0.0385. The van der Waals surface area contributed by atoms with Gasteiger partial charge in [0.2, 0.25) is 5.88 Å². The van der Waals surface area contributed by atoms with Crippen LogP contribution in [-0.4, -0.2) is 82.3 Å². The molecule has 0 saturated heterocycles. The van der Waals surface area contributed by atoms with E-state index in [9.17, 15) is 77.3 Å². The monoisotopic (exact) mass is 857 g/mol. The minimum Gasteiger partial charge on any atom is -0.505 e. The van der Waals surface area contributed by atoms with Crippen LogP contribution >= 0.6 is 0 Å². The lowest BCUT2D eigenvalue weighted by atomic mass is 10.1. The molecule has 26 nitrogen and oxygen atoms in total. The molecule has 0 unspecified atom stereocenters. The molecule has 8 N–H and O–H groups in total. The van der Waals surface area contributed by atoms with Crippen molar-refractivity contribution in [2.24, 2.45) is 30.7 Å². The molecule has 0 spiro atoms. The van der Waals surface area contributed by atoms with Crippen LogP contribution in [0.5, 0.6) is 17.4 Å². The summed E-state index contributed by atoms with van der Waals surface area (Å²) in [5, 5.41) is 68.7. The highest BCUT2D eigenvalue weighted by Gasteiger charge is 2.30. The van der Waals surface area contributed by atoms with Gasteiger partial charge in [0.15, 0.2) is 17.2 Å². The minimum absolute atomic E-state index is 0.127.